The zero-order valence-electron chi connectivity index (χ0n) is 71.0. The van der Waals surface area contributed by atoms with E-state index in [1.165, 1.54) is 71.5 Å². The van der Waals surface area contributed by atoms with Crippen LogP contribution in [0.25, 0.3) is 43.6 Å². The summed E-state index contributed by atoms with van der Waals surface area (Å²) in [4.78, 5) is 98.2. The molecule has 8 N–H and O–H groups in total. The second kappa shape index (κ2) is 42.4. The molecule has 12 aromatic rings. The van der Waals surface area contributed by atoms with Crippen molar-refractivity contribution in [1.29, 1.82) is 0 Å². The monoisotopic (exact) mass is 1780 g/mol. The van der Waals surface area contributed by atoms with Crippen molar-refractivity contribution in [3.63, 3.8) is 0 Å². The summed E-state index contributed by atoms with van der Waals surface area (Å²) >= 11 is 0. The summed E-state index contributed by atoms with van der Waals surface area (Å²) in [5.41, 5.74) is 10.9. The van der Waals surface area contributed by atoms with Crippen molar-refractivity contribution in [3.05, 3.63) is 253 Å². The molecule has 0 radical (unpaired) electrons. The molecule has 6 fully saturated rings. The Morgan fingerprint density at radius 1 is 0.359 bits per heavy atom. The number of rotatable bonds is 21. The van der Waals surface area contributed by atoms with Gasteiger partial charge in [0.25, 0.3) is 23.6 Å². The van der Waals surface area contributed by atoms with Gasteiger partial charge in [-0.2, -0.15) is 8.61 Å². The molecule has 6 saturated heterocycles. The van der Waals surface area contributed by atoms with Gasteiger partial charge in [-0.25, -0.2) is 78.6 Å². The van der Waals surface area contributed by atoms with Crippen LogP contribution in [0.3, 0.4) is 0 Å². The third kappa shape index (κ3) is 22.4. The van der Waals surface area contributed by atoms with Gasteiger partial charge in [0.1, 0.15) is 11.5 Å². The summed E-state index contributed by atoms with van der Waals surface area (Å²) in [6.45, 7) is 19.0. The highest BCUT2D eigenvalue weighted by Crippen LogP contribution is 2.31. The number of benzene rings is 7. The molecule has 0 unspecified atom stereocenters. The zero-order valence-corrected chi connectivity index (χ0v) is 72.6. The van der Waals surface area contributed by atoms with Crippen molar-refractivity contribution in [1.82, 2.24) is 90.0 Å². The molecule has 18 rings (SSSR count). The maximum atomic E-state index is 13.3. The maximum Gasteiger partial charge on any atom is 0.277 e. The molecule has 128 heavy (non-hydrogen) atoms. The van der Waals surface area contributed by atoms with Gasteiger partial charge in [0.2, 0.25) is 43.8 Å². The number of hydrogen-bond donors (Lipinski definition) is 8. The molecule has 6 aliphatic rings. The number of hydroxylamine groups is 4. The van der Waals surface area contributed by atoms with Gasteiger partial charge in [0, 0.05) is 205 Å². The first kappa shape index (κ1) is 90.3. The number of sulfonamides is 2. The lowest BCUT2D eigenvalue weighted by Gasteiger charge is -2.42. The van der Waals surface area contributed by atoms with E-state index in [2.05, 4.69) is 153 Å². The molecule has 5 aromatic heterocycles. The lowest BCUT2D eigenvalue weighted by Crippen LogP contribution is -2.54. The molecule has 0 bridgehead atoms. The number of hydrogen-bond acceptors (Lipinski definition) is 29. The minimum absolute atomic E-state index is 0.195. The number of piperidine rings is 2. The lowest BCUT2D eigenvalue weighted by molar-refractivity contribution is 0.0701. The van der Waals surface area contributed by atoms with Crippen molar-refractivity contribution in [2.75, 3.05) is 157 Å². The Labute approximate surface area is 741 Å². The molecule has 0 atom stereocenters. The molecule has 35 nitrogen and oxygen atoms in total. The Kier molecular flexibility index (Phi) is 29.9. The number of fused-ring (bicyclic) bond motifs is 3. The molecule has 7 aromatic carbocycles. The number of piperazine rings is 4. The molecule has 0 aliphatic carbocycles. The Morgan fingerprint density at radius 3 is 1.09 bits per heavy atom. The third-order valence-electron chi connectivity index (χ3n) is 24.3. The number of carbonyl (C=O) groups is 4. The molecular weight excluding hydrogens is 1670 g/mol. The molecule has 6 aliphatic heterocycles. The normalized spacial score (nSPS) is 16.9. The number of carbonyl (C=O) groups excluding carboxylic acids is 4. The summed E-state index contributed by atoms with van der Waals surface area (Å²) in [6, 6.07) is 54.7. The van der Waals surface area contributed by atoms with Crippen LogP contribution in [0.4, 0.5) is 23.8 Å². The van der Waals surface area contributed by atoms with E-state index in [9.17, 15) is 36.0 Å². The zero-order chi connectivity index (χ0) is 89.1. The van der Waals surface area contributed by atoms with Crippen LogP contribution >= 0.6 is 0 Å². The van der Waals surface area contributed by atoms with Gasteiger partial charge in [0.15, 0.2) is 0 Å². The van der Waals surface area contributed by atoms with Gasteiger partial charge in [-0.3, -0.25) is 59.6 Å². The van der Waals surface area contributed by atoms with Crippen LogP contribution in [0.15, 0.2) is 228 Å². The second-order valence-corrected chi connectivity index (χ2v) is 35.9. The van der Waals surface area contributed by atoms with Crippen LogP contribution < -0.4 is 41.5 Å². The predicted molar refractivity (Wildman–Crippen MR) is 481 cm³/mol. The molecule has 11 heterocycles. The van der Waals surface area contributed by atoms with Gasteiger partial charge < -0.3 is 24.0 Å². The van der Waals surface area contributed by atoms with E-state index in [-0.39, 0.29) is 22.3 Å². The quantitative estimate of drug-likeness (QED) is 0.0247. The number of nitrogens with zero attached hydrogens (tertiary/aromatic N) is 18. The van der Waals surface area contributed by atoms with E-state index in [0.717, 1.165) is 182 Å². The number of anilines is 4. The lowest BCUT2D eigenvalue weighted by atomic mass is 10.0. The van der Waals surface area contributed by atoms with Crippen molar-refractivity contribution < 1.29 is 61.3 Å². The molecular formula is C91H104N22O13S2. The summed E-state index contributed by atoms with van der Waals surface area (Å²) in [6.07, 6.45) is 16.8. The summed E-state index contributed by atoms with van der Waals surface area (Å²) < 4.78 is 62.3. The first-order valence-corrected chi connectivity index (χ1v) is 45.8. The Bertz CT molecular complexity index is 5780. The van der Waals surface area contributed by atoms with Gasteiger partial charge in [-0.1, -0.05) is 134 Å². The van der Waals surface area contributed by atoms with E-state index in [4.69, 9.17) is 25.2 Å². The molecule has 0 spiro atoms. The molecule has 668 valence electrons. The number of aryl methyl sites for hydroxylation is 1. The SMILES string of the molecule is CCc1ccc(-c2ccc(CN3CCN(c4ncc(C(=O)NO)cn4)CC3)o2)cc1.O=C(NO)c1cnc(N2CCC(N3CCN(S(=O)(=O)c4ccc5ccccc5c4)CC3)CC2)nc1.O=C(NO)c1cnc(N2CCN(C3CCN(S(=O)(=O)c4ccc5ccccc5c4)CC3)CC2)nc1.O=C(NO)c1cnc(N2CCN(CCc3ccc4ccccc4c3)CC2)nc1. The molecule has 37 heteroatoms. The predicted octanol–water partition coefficient (Wildman–Crippen LogP) is 8.30. The molecule has 4 amide bonds. The van der Waals surface area contributed by atoms with E-state index in [1.54, 1.807) is 54.8 Å². The average Bonchev–Trinajstić information content (AvgIpc) is 0.810. The third-order valence-corrected chi connectivity index (χ3v) is 28.1. The van der Waals surface area contributed by atoms with Crippen molar-refractivity contribution in [3.8, 4) is 11.3 Å². The standard InChI is InChI=1S/2C24H28N6O4S.C22H25N5O3.C21H23N5O2/c31-23(27-32)20-16-25-24(26-17-20)29-13-11-28(12-14-29)21-7-9-30(10-8-21)35(33,34)22-6-5-18-3-1-2-4-19(18)15-22;31-23(27-32)20-16-25-24(26-17-20)29-9-7-21(8-10-29)28-11-13-30(14-12-28)35(33,34)22-6-5-18-3-1-2-4-19(18)15-22;1-2-16-3-5-17(6-4-16)20-8-7-19(30-20)15-26-9-11-27(12-10-26)22-23-13-18(14-24-22)21(28)25-29;27-20(24-28)19-14-22-21(23-15-19)26-11-9-25(10-12-26)8-7-16-5-6-17-3-1-2-4-18(17)13-16/h2*1-6,15-17,21,32H,7-14H2,(H,27,31);3-8,13-14,29H,2,9-12,15H2,1H3,(H,25,28);1-6,13-15,28H,7-12H2,(H,24,27). The van der Waals surface area contributed by atoms with Gasteiger partial charge in [-0.15, -0.1) is 0 Å². The minimum atomic E-state index is -3.53. The first-order chi connectivity index (χ1) is 62.3. The Morgan fingerprint density at radius 2 is 0.695 bits per heavy atom. The number of aromatic nitrogens is 8. The second-order valence-electron chi connectivity index (χ2n) is 32.0. The fraction of sp³-hybridized carbons (Fsp3) is 0.341. The average molecular weight is 1780 g/mol. The van der Waals surface area contributed by atoms with Crippen molar-refractivity contribution >= 4 is 99.8 Å². The minimum Gasteiger partial charge on any atom is -0.460 e. The first-order valence-electron chi connectivity index (χ1n) is 42.9. The van der Waals surface area contributed by atoms with Crippen LogP contribution in [-0.2, 0) is 39.4 Å². The van der Waals surface area contributed by atoms with Crippen LogP contribution in [0.1, 0.15) is 90.9 Å². The maximum absolute atomic E-state index is 13.3. The highest BCUT2D eigenvalue weighted by Gasteiger charge is 2.36. The van der Waals surface area contributed by atoms with E-state index in [1.807, 2.05) is 72.8 Å². The fourth-order valence-corrected chi connectivity index (χ4v) is 19.8. The largest absolute Gasteiger partial charge is 0.460 e. The van der Waals surface area contributed by atoms with E-state index < -0.39 is 43.7 Å². The van der Waals surface area contributed by atoms with Crippen molar-refractivity contribution in [2.45, 2.75) is 73.9 Å². The summed E-state index contributed by atoms with van der Waals surface area (Å²) in [7, 11) is -7.04. The number of amides is 4. The van der Waals surface area contributed by atoms with Gasteiger partial charge >= 0.3 is 0 Å². The van der Waals surface area contributed by atoms with Crippen LogP contribution in [-0.4, -0.2) is 279 Å². The fourth-order valence-electron chi connectivity index (χ4n) is 16.8. The topological polar surface area (TPSA) is 414 Å². The number of furan rings is 1. The van der Waals surface area contributed by atoms with Crippen LogP contribution in [0, 0.1) is 0 Å². The Hall–Kier alpha value is -12.5. The van der Waals surface area contributed by atoms with Crippen LogP contribution in [0.2, 0.25) is 0 Å². The van der Waals surface area contributed by atoms with Gasteiger partial charge in [-0.05, 0) is 118 Å². The Balaban J connectivity index is 0.000000132. The van der Waals surface area contributed by atoms with Gasteiger partial charge in [0.05, 0.1) is 38.6 Å². The highest BCUT2D eigenvalue weighted by molar-refractivity contribution is 7.89. The highest BCUT2D eigenvalue weighted by atomic mass is 32.2. The molecule has 0 saturated carbocycles. The van der Waals surface area contributed by atoms with E-state index >= 15 is 0 Å². The van der Waals surface area contributed by atoms with E-state index in [0.29, 0.717) is 84.9 Å². The smallest absolute Gasteiger partial charge is 0.277 e. The number of nitrogens with one attached hydrogen (secondary N) is 4. The van der Waals surface area contributed by atoms with Crippen LogP contribution in [0.5, 0.6) is 0 Å². The van der Waals surface area contributed by atoms with Crippen molar-refractivity contribution in [2.24, 2.45) is 0 Å². The summed E-state index contributed by atoms with van der Waals surface area (Å²) in [5, 5.41) is 41.2. The summed E-state index contributed by atoms with van der Waals surface area (Å²) in [5.74, 6) is 1.64.